The van der Waals surface area contributed by atoms with E-state index in [-0.39, 0.29) is 5.97 Å². The first-order valence-electron chi connectivity index (χ1n) is 11.0. The molecule has 150 valence electrons. The summed E-state index contributed by atoms with van der Waals surface area (Å²) in [7, 11) is 0. The second-order valence-electron chi connectivity index (χ2n) is 7.45. The highest BCUT2D eigenvalue weighted by Crippen LogP contribution is 2.20. The second kappa shape index (κ2) is 20.3. The van der Waals surface area contributed by atoms with Crippen molar-refractivity contribution in [3.05, 3.63) is 0 Å². The molecule has 0 aliphatic carbocycles. The molecule has 0 amide bonds. The van der Waals surface area contributed by atoms with Gasteiger partial charge >= 0.3 is 5.97 Å². The lowest BCUT2D eigenvalue weighted by Gasteiger charge is -2.17. The number of hydrogen-bond donors (Lipinski definition) is 0. The van der Waals surface area contributed by atoms with Crippen LogP contribution in [-0.4, -0.2) is 17.9 Å². The van der Waals surface area contributed by atoms with Gasteiger partial charge in [0.05, 0.1) is 6.61 Å². The van der Waals surface area contributed by atoms with Crippen LogP contribution in [0, 0.1) is 5.92 Å². The number of halogens is 1. The van der Waals surface area contributed by atoms with Crippen LogP contribution in [0.4, 0.5) is 0 Å². The van der Waals surface area contributed by atoms with Gasteiger partial charge in [0.25, 0.3) is 0 Å². The summed E-state index contributed by atoms with van der Waals surface area (Å²) in [5.74, 6) is 0.556. The van der Waals surface area contributed by atoms with Crippen molar-refractivity contribution in [3.8, 4) is 0 Å². The molecule has 0 spiro atoms. The Hall–Kier alpha value is -0.0500. The Kier molecular flexibility index (Phi) is 20.2. The number of alkyl halides is 1. The number of hydrogen-bond acceptors (Lipinski definition) is 2. The maximum atomic E-state index is 11.8. The smallest absolute Gasteiger partial charge is 0.305 e. The van der Waals surface area contributed by atoms with Gasteiger partial charge in [0.2, 0.25) is 0 Å². The van der Waals surface area contributed by atoms with E-state index >= 15 is 0 Å². The van der Waals surface area contributed by atoms with Crippen LogP contribution in [0.25, 0.3) is 0 Å². The van der Waals surface area contributed by atoms with E-state index in [0.717, 1.165) is 11.8 Å². The summed E-state index contributed by atoms with van der Waals surface area (Å²) in [6.07, 6.45) is 20.0. The number of carbonyl (C=O) groups excluding carboxylic acids is 1. The molecule has 0 aromatic heterocycles. The first-order chi connectivity index (χ1) is 12.2. The molecule has 0 radical (unpaired) electrons. The van der Waals surface area contributed by atoms with Crippen molar-refractivity contribution >= 4 is 21.9 Å². The number of unbranched alkanes of at least 4 members (excludes halogenated alkanes) is 10. The third kappa shape index (κ3) is 18.5. The van der Waals surface area contributed by atoms with Crippen molar-refractivity contribution in [2.75, 3.05) is 11.9 Å². The van der Waals surface area contributed by atoms with Crippen molar-refractivity contribution in [2.45, 2.75) is 117 Å². The van der Waals surface area contributed by atoms with E-state index in [4.69, 9.17) is 4.74 Å². The van der Waals surface area contributed by atoms with E-state index in [9.17, 15) is 4.79 Å². The molecule has 0 N–H and O–H groups in total. The van der Waals surface area contributed by atoms with Gasteiger partial charge in [-0.3, -0.25) is 4.79 Å². The number of ether oxygens (including phenoxy) is 1. The maximum absolute atomic E-state index is 11.8. The lowest BCUT2D eigenvalue weighted by atomic mass is 9.94. The molecule has 0 aliphatic rings. The molecule has 2 nitrogen and oxygen atoms in total. The monoisotopic (exact) mass is 418 g/mol. The highest BCUT2D eigenvalue weighted by molar-refractivity contribution is 9.09. The molecule has 0 fully saturated rings. The maximum Gasteiger partial charge on any atom is 0.305 e. The number of rotatable bonds is 19. The molecule has 0 heterocycles. The van der Waals surface area contributed by atoms with E-state index in [0.29, 0.717) is 18.9 Å². The van der Waals surface area contributed by atoms with Gasteiger partial charge in [0, 0.05) is 11.8 Å². The molecular formula is C22H43BrO2. The highest BCUT2D eigenvalue weighted by atomic mass is 79.9. The molecule has 0 saturated carbocycles. The summed E-state index contributed by atoms with van der Waals surface area (Å²) in [6, 6.07) is 0. The van der Waals surface area contributed by atoms with E-state index in [1.165, 1.54) is 89.9 Å². The van der Waals surface area contributed by atoms with E-state index < -0.39 is 0 Å². The van der Waals surface area contributed by atoms with Gasteiger partial charge in [0.15, 0.2) is 0 Å². The minimum Gasteiger partial charge on any atom is -0.465 e. The molecule has 3 heteroatoms. The number of carbonyl (C=O) groups is 1. The largest absolute Gasteiger partial charge is 0.465 e. The van der Waals surface area contributed by atoms with Gasteiger partial charge < -0.3 is 4.74 Å². The highest BCUT2D eigenvalue weighted by Gasteiger charge is 2.12. The first-order valence-corrected chi connectivity index (χ1v) is 12.1. The van der Waals surface area contributed by atoms with Crippen LogP contribution in [0.1, 0.15) is 117 Å². The van der Waals surface area contributed by atoms with Crippen molar-refractivity contribution in [2.24, 2.45) is 5.92 Å². The Labute approximate surface area is 166 Å². The van der Waals surface area contributed by atoms with Crippen LogP contribution in [0.15, 0.2) is 0 Å². The summed E-state index contributed by atoms with van der Waals surface area (Å²) in [4.78, 5) is 11.8. The molecule has 0 aromatic rings. The minimum absolute atomic E-state index is 0.0182. The van der Waals surface area contributed by atoms with Crippen LogP contribution in [-0.2, 0) is 9.53 Å². The molecule has 0 rings (SSSR count). The summed E-state index contributed by atoms with van der Waals surface area (Å²) in [6.45, 7) is 5.17. The molecular weight excluding hydrogens is 376 g/mol. The van der Waals surface area contributed by atoms with Crippen LogP contribution in [0.2, 0.25) is 0 Å². The van der Waals surface area contributed by atoms with Gasteiger partial charge in [-0.05, 0) is 25.2 Å². The SMILES string of the molecule is CCCCCCCCC(CCCCCCCC)COC(=O)CCCBr. The van der Waals surface area contributed by atoms with E-state index in [1.807, 2.05) is 0 Å². The quantitative estimate of drug-likeness (QED) is 0.121. The van der Waals surface area contributed by atoms with Crippen molar-refractivity contribution < 1.29 is 9.53 Å². The Balaban J connectivity index is 3.93. The van der Waals surface area contributed by atoms with Gasteiger partial charge in [-0.25, -0.2) is 0 Å². The Morgan fingerprint density at radius 3 is 1.72 bits per heavy atom. The fraction of sp³-hybridized carbons (Fsp3) is 0.955. The zero-order chi connectivity index (χ0) is 18.6. The molecule has 0 aliphatic heterocycles. The predicted octanol–water partition coefficient (Wildman–Crippen LogP) is 7.82. The second-order valence-corrected chi connectivity index (χ2v) is 8.25. The van der Waals surface area contributed by atoms with Gasteiger partial charge in [-0.2, -0.15) is 0 Å². The summed E-state index contributed by atoms with van der Waals surface area (Å²) in [5.41, 5.74) is 0. The summed E-state index contributed by atoms with van der Waals surface area (Å²) >= 11 is 3.37. The predicted molar refractivity (Wildman–Crippen MR) is 113 cm³/mol. The molecule has 25 heavy (non-hydrogen) atoms. The molecule has 0 saturated heterocycles. The fourth-order valence-corrected chi connectivity index (χ4v) is 3.51. The zero-order valence-corrected chi connectivity index (χ0v) is 18.6. The van der Waals surface area contributed by atoms with Crippen molar-refractivity contribution in [1.82, 2.24) is 0 Å². The third-order valence-electron chi connectivity index (χ3n) is 4.93. The Morgan fingerprint density at radius 2 is 1.24 bits per heavy atom. The molecule has 0 bridgehead atoms. The van der Waals surface area contributed by atoms with Crippen LogP contribution < -0.4 is 0 Å². The lowest BCUT2D eigenvalue weighted by Crippen LogP contribution is -2.14. The molecule has 0 aromatic carbocycles. The van der Waals surface area contributed by atoms with Crippen molar-refractivity contribution in [3.63, 3.8) is 0 Å². The average molecular weight is 419 g/mol. The Bertz CT molecular complexity index is 265. The third-order valence-corrected chi connectivity index (χ3v) is 5.49. The van der Waals surface area contributed by atoms with Crippen LogP contribution in [0.3, 0.4) is 0 Å². The fourth-order valence-electron chi connectivity index (χ4n) is 3.23. The summed E-state index contributed by atoms with van der Waals surface area (Å²) in [5, 5.41) is 0.876. The van der Waals surface area contributed by atoms with Crippen LogP contribution >= 0.6 is 15.9 Å². The van der Waals surface area contributed by atoms with E-state index in [2.05, 4.69) is 29.8 Å². The van der Waals surface area contributed by atoms with Gasteiger partial charge in [-0.15, -0.1) is 0 Å². The topological polar surface area (TPSA) is 26.3 Å². The van der Waals surface area contributed by atoms with Gasteiger partial charge in [0.1, 0.15) is 0 Å². The average Bonchev–Trinajstić information content (AvgIpc) is 2.62. The minimum atomic E-state index is -0.0182. The first kappa shape index (κ1) is 24.9. The summed E-state index contributed by atoms with van der Waals surface area (Å²) < 4.78 is 5.54. The van der Waals surface area contributed by atoms with Gasteiger partial charge in [-0.1, -0.05) is 107 Å². The normalized spacial score (nSPS) is 11.2. The zero-order valence-electron chi connectivity index (χ0n) is 17.0. The van der Waals surface area contributed by atoms with Crippen molar-refractivity contribution in [1.29, 1.82) is 0 Å². The van der Waals surface area contributed by atoms with E-state index in [1.54, 1.807) is 0 Å². The lowest BCUT2D eigenvalue weighted by molar-refractivity contribution is -0.145. The molecule has 0 unspecified atom stereocenters. The van der Waals surface area contributed by atoms with Crippen LogP contribution in [0.5, 0.6) is 0 Å². The standard InChI is InChI=1S/C22H43BrO2/c1-3-5-7-9-11-13-16-21(17-14-12-10-8-6-4-2)20-25-22(24)18-15-19-23/h21H,3-20H2,1-2H3. The number of esters is 1. The Morgan fingerprint density at radius 1 is 0.760 bits per heavy atom. The molecule has 0 atom stereocenters.